The van der Waals surface area contributed by atoms with Crippen molar-refractivity contribution in [2.75, 3.05) is 0 Å². The van der Waals surface area contributed by atoms with Crippen LogP contribution in [0.5, 0.6) is 0 Å². The summed E-state index contributed by atoms with van der Waals surface area (Å²) in [6.45, 7) is 1.95. The predicted molar refractivity (Wildman–Crippen MR) is 93.2 cm³/mol. The Labute approximate surface area is 139 Å². The molecule has 7 heteroatoms. The standard InChI is InChI=1S/C17H13N3O3S/c1-9(12-7-6-10-4-2-3-5-13(10)18-12)11-8-24-15-14(11)16(21)20(23)17(22)19-15/h2-9,23H,1H3,(H,19,22). The lowest BCUT2D eigenvalue weighted by Crippen LogP contribution is -2.33. The molecule has 3 heterocycles. The van der Waals surface area contributed by atoms with E-state index in [2.05, 4.69) is 9.97 Å². The number of fused-ring (bicyclic) bond motifs is 2. The number of benzene rings is 1. The molecule has 120 valence electrons. The van der Waals surface area contributed by atoms with Crippen molar-refractivity contribution < 1.29 is 5.21 Å². The third-order valence-electron chi connectivity index (χ3n) is 4.17. The number of H-pyrrole nitrogens is 1. The predicted octanol–water partition coefficient (Wildman–Crippen LogP) is 2.69. The molecule has 0 radical (unpaired) electrons. The van der Waals surface area contributed by atoms with Gasteiger partial charge in [-0.1, -0.05) is 35.9 Å². The van der Waals surface area contributed by atoms with E-state index in [9.17, 15) is 14.8 Å². The van der Waals surface area contributed by atoms with Crippen LogP contribution in [0.2, 0.25) is 0 Å². The minimum Gasteiger partial charge on any atom is -0.421 e. The molecule has 4 rings (SSSR count). The Hall–Kier alpha value is -2.93. The monoisotopic (exact) mass is 339 g/mol. The zero-order valence-electron chi connectivity index (χ0n) is 12.7. The molecular formula is C17H13N3O3S. The lowest BCUT2D eigenvalue weighted by atomic mass is 9.97. The molecular weight excluding hydrogens is 326 g/mol. The average molecular weight is 339 g/mol. The highest BCUT2D eigenvalue weighted by atomic mass is 32.1. The molecule has 0 aliphatic rings. The van der Waals surface area contributed by atoms with Crippen LogP contribution in [0.4, 0.5) is 0 Å². The summed E-state index contributed by atoms with van der Waals surface area (Å²) in [6, 6.07) is 11.7. The zero-order valence-corrected chi connectivity index (χ0v) is 13.5. The molecule has 2 N–H and O–H groups in total. The molecule has 0 fully saturated rings. The Balaban J connectivity index is 1.91. The number of nitrogens with one attached hydrogen (secondary N) is 1. The summed E-state index contributed by atoms with van der Waals surface area (Å²) in [6.07, 6.45) is 0. The van der Waals surface area contributed by atoms with Crippen molar-refractivity contribution in [3.8, 4) is 0 Å². The normalized spacial score (nSPS) is 12.7. The molecule has 1 aromatic carbocycles. The average Bonchev–Trinajstić information content (AvgIpc) is 3.02. The summed E-state index contributed by atoms with van der Waals surface area (Å²) in [5.74, 6) is -0.151. The molecule has 0 amide bonds. The van der Waals surface area contributed by atoms with Crippen molar-refractivity contribution in [1.82, 2.24) is 14.7 Å². The molecule has 6 nitrogen and oxygen atoms in total. The zero-order chi connectivity index (χ0) is 16.8. The van der Waals surface area contributed by atoms with Gasteiger partial charge in [0.15, 0.2) is 0 Å². The summed E-state index contributed by atoms with van der Waals surface area (Å²) in [5, 5.41) is 12.8. The molecule has 0 saturated heterocycles. The van der Waals surface area contributed by atoms with E-state index in [-0.39, 0.29) is 10.6 Å². The fourth-order valence-electron chi connectivity index (χ4n) is 2.83. The van der Waals surface area contributed by atoms with E-state index in [4.69, 9.17) is 0 Å². The SMILES string of the molecule is CC(c1ccc2ccccc2n1)c1csc2[nH]c(=O)n(O)c(=O)c12. The first-order valence-electron chi connectivity index (χ1n) is 7.37. The van der Waals surface area contributed by atoms with Crippen LogP contribution in [0, 0.1) is 0 Å². The Morgan fingerprint density at radius 2 is 2.00 bits per heavy atom. The van der Waals surface area contributed by atoms with Gasteiger partial charge >= 0.3 is 5.69 Å². The van der Waals surface area contributed by atoms with Gasteiger partial charge in [0.05, 0.1) is 10.9 Å². The first-order valence-corrected chi connectivity index (χ1v) is 8.25. The summed E-state index contributed by atoms with van der Waals surface area (Å²) in [7, 11) is 0. The van der Waals surface area contributed by atoms with E-state index in [0.717, 1.165) is 22.2 Å². The molecule has 1 unspecified atom stereocenters. The second-order valence-corrected chi connectivity index (χ2v) is 6.47. The Morgan fingerprint density at radius 1 is 1.21 bits per heavy atom. The summed E-state index contributed by atoms with van der Waals surface area (Å²) in [5.41, 5.74) is 0.898. The lowest BCUT2D eigenvalue weighted by molar-refractivity contribution is 0.162. The van der Waals surface area contributed by atoms with Gasteiger partial charge in [0, 0.05) is 17.0 Å². The van der Waals surface area contributed by atoms with Gasteiger partial charge in [-0.05, 0) is 23.1 Å². The van der Waals surface area contributed by atoms with Gasteiger partial charge < -0.3 is 5.21 Å². The number of pyridine rings is 1. The van der Waals surface area contributed by atoms with Crippen molar-refractivity contribution in [3.63, 3.8) is 0 Å². The third kappa shape index (κ3) is 2.13. The van der Waals surface area contributed by atoms with Gasteiger partial charge in [0.1, 0.15) is 4.83 Å². The maximum atomic E-state index is 12.3. The molecule has 0 saturated carbocycles. The molecule has 0 bridgehead atoms. The van der Waals surface area contributed by atoms with Crippen molar-refractivity contribution in [3.05, 3.63) is 73.9 Å². The molecule has 0 aliphatic heterocycles. The van der Waals surface area contributed by atoms with E-state index in [1.165, 1.54) is 11.3 Å². The maximum absolute atomic E-state index is 12.3. The first-order chi connectivity index (χ1) is 11.6. The van der Waals surface area contributed by atoms with Crippen molar-refractivity contribution in [2.24, 2.45) is 0 Å². The molecule has 24 heavy (non-hydrogen) atoms. The van der Waals surface area contributed by atoms with Crippen molar-refractivity contribution >= 4 is 32.5 Å². The molecule has 0 spiro atoms. The quantitative estimate of drug-likeness (QED) is 0.550. The van der Waals surface area contributed by atoms with Crippen LogP contribution < -0.4 is 11.2 Å². The van der Waals surface area contributed by atoms with Gasteiger partial charge in [-0.25, -0.2) is 4.79 Å². The van der Waals surface area contributed by atoms with Crippen molar-refractivity contribution in [2.45, 2.75) is 12.8 Å². The highest BCUT2D eigenvalue weighted by Crippen LogP contribution is 2.31. The molecule has 4 aromatic rings. The van der Waals surface area contributed by atoms with Gasteiger partial charge in [-0.15, -0.1) is 11.3 Å². The van der Waals surface area contributed by atoms with Crippen LogP contribution >= 0.6 is 11.3 Å². The number of nitrogens with zero attached hydrogens (tertiary/aromatic N) is 2. The number of thiophene rings is 1. The van der Waals surface area contributed by atoms with Crippen molar-refractivity contribution in [1.29, 1.82) is 0 Å². The van der Waals surface area contributed by atoms with Crippen LogP contribution in [0.25, 0.3) is 21.1 Å². The number of aromatic amines is 1. The fraction of sp³-hybridized carbons (Fsp3) is 0.118. The Bertz CT molecular complexity index is 1190. The number of para-hydroxylation sites is 1. The summed E-state index contributed by atoms with van der Waals surface area (Å²) in [4.78, 5) is 31.4. The minimum atomic E-state index is -0.836. The van der Waals surface area contributed by atoms with E-state index in [1.54, 1.807) is 0 Å². The van der Waals surface area contributed by atoms with Gasteiger partial charge in [-0.2, -0.15) is 0 Å². The second kappa shape index (κ2) is 5.31. The minimum absolute atomic E-state index is 0.110. The number of hydrogen-bond donors (Lipinski definition) is 2. The lowest BCUT2D eigenvalue weighted by Gasteiger charge is -2.11. The van der Waals surface area contributed by atoms with E-state index >= 15 is 0 Å². The molecule has 0 aliphatic carbocycles. The van der Waals surface area contributed by atoms with Crippen LogP contribution in [-0.2, 0) is 0 Å². The Morgan fingerprint density at radius 3 is 2.83 bits per heavy atom. The van der Waals surface area contributed by atoms with Gasteiger partial charge in [-0.3, -0.25) is 14.8 Å². The highest BCUT2D eigenvalue weighted by Gasteiger charge is 2.19. The van der Waals surface area contributed by atoms with Gasteiger partial charge in [0.2, 0.25) is 0 Å². The second-order valence-electron chi connectivity index (χ2n) is 5.59. The van der Waals surface area contributed by atoms with Crippen LogP contribution in [-0.4, -0.2) is 19.9 Å². The molecule has 1 atom stereocenters. The number of rotatable bonds is 2. The Kier molecular flexibility index (Phi) is 3.24. The topological polar surface area (TPSA) is 88.0 Å². The van der Waals surface area contributed by atoms with Gasteiger partial charge in [0.25, 0.3) is 5.56 Å². The summed E-state index contributed by atoms with van der Waals surface area (Å²) >= 11 is 1.27. The van der Waals surface area contributed by atoms with E-state index in [1.807, 2.05) is 48.7 Å². The first kappa shape index (κ1) is 14.6. The maximum Gasteiger partial charge on any atom is 0.362 e. The van der Waals surface area contributed by atoms with E-state index in [0.29, 0.717) is 10.2 Å². The van der Waals surface area contributed by atoms with E-state index < -0.39 is 11.2 Å². The summed E-state index contributed by atoms with van der Waals surface area (Å²) < 4.78 is 0.110. The highest BCUT2D eigenvalue weighted by molar-refractivity contribution is 7.16. The van der Waals surface area contributed by atoms with Crippen LogP contribution in [0.15, 0.2) is 51.4 Å². The number of hydrogen-bond acceptors (Lipinski definition) is 5. The third-order valence-corrected chi connectivity index (χ3v) is 5.08. The molecule has 3 aromatic heterocycles. The number of aromatic nitrogens is 3. The largest absolute Gasteiger partial charge is 0.421 e. The fourth-order valence-corrected chi connectivity index (χ4v) is 3.87. The smallest absolute Gasteiger partial charge is 0.362 e. The van der Waals surface area contributed by atoms with Crippen LogP contribution in [0.3, 0.4) is 0 Å². The van der Waals surface area contributed by atoms with Crippen LogP contribution in [0.1, 0.15) is 24.1 Å².